The summed E-state index contributed by atoms with van der Waals surface area (Å²) >= 11 is 0. The van der Waals surface area contributed by atoms with Crippen LogP contribution in [0.2, 0.25) is 0 Å². The van der Waals surface area contributed by atoms with E-state index < -0.39 is 0 Å². The first-order valence-corrected chi connectivity index (χ1v) is 9.13. The van der Waals surface area contributed by atoms with Crippen LogP contribution in [0.4, 0.5) is 11.4 Å². The number of anilines is 2. The third-order valence-corrected chi connectivity index (χ3v) is 4.36. The number of rotatable bonds is 7. The molecule has 2 aromatic carbocycles. The van der Waals surface area contributed by atoms with Crippen molar-refractivity contribution in [3.63, 3.8) is 0 Å². The maximum atomic E-state index is 12.2. The van der Waals surface area contributed by atoms with Crippen LogP contribution in [0.3, 0.4) is 0 Å². The van der Waals surface area contributed by atoms with Gasteiger partial charge in [0, 0.05) is 24.3 Å². The number of hydrogen-bond acceptors (Lipinski definition) is 4. The lowest BCUT2D eigenvalue weighted by atomic mass is 10.1. The van der Waals surface area contributed by atoms with E-state index >= 15 is 0 Å². The van der Waals surface area contributed by atoms with E-state index in [2.05, 4.69) is 5.32 Å². The molecular weight excluding hydrogens is 344 g/mol. The molecule has 142 valence electrons. The highest BCUT2D eigenvalue weighted by molar-refractivity contribution is 5.98. The Morgan fingerprint density at radius 1 is 1.11 bits per heavy atom. The van der Waals surface area contributed by atoms with Crippen molar-refractivity contribution < 1.29 is 19.1 Å². The Morgan fingerprint density at radius 2 is 1.81 bits per heavy atom. The summed E-state index contributed by atoms with van der Waals surface area (Å²) in [6.07, 6.45) is 1.44. The SMILES string of the molecule is CCOc1ccc(OCC(=O)Nc2ccc(C)c(N3CCCC3=O)c2)cc1. The zero-order valence-electron chi connectivity index (χ0n) is 15.7. The minimum atomic E-state index is -0.258. The fraction of sp³-hybridized carbons (Fsp3) is 0.333. The smallest absolute Gasteiger partial charge is 0.262 e. The fourth-order valence-electron chi connectivity index (χ4n) is 3.03. The number of nitrogens with one attached hydrogen (secondary N) is 1. The van der Waals surface area contributed by atoms with Crippen molar-refractivity contribution >= 4 is 23.2 Å². The standard InChI is InChI=1S/C21H24N2O4/c1-3-26-17-8-10-18(11-9-17)27-14-20(24)22-16-7-6-15(2)19(13-16)23-12-4-5-21(23)25/h6-11,13H,3-5,12,14H2,1-2H3,(H,22,24). The first kappa shape index (κ1) is 18.8. The molecule has 2 amide bonds. The van der Waals surface area contributed by atoms with Crippen LogP contribution >= 0.6 is 0 Å². The first-order valence-electron chi connectivity index (χ1n) is 9.13. The van der Waals surface area contributed by atoms with Gasteiger partial charge in [-0.2, -0.15) is 0 Å². The number of aryl methyl sites for hydroxylation is 1. The van der Waals surface area contributed by atoms with Crippen molar-refractivity contribution in [2.24, 2.45) is 0 Å². The van der Waals surface area contributed by atoms with Crippen LogP contribution in [-0.2, 0) is 9.59 Å². The number of amides is 2. The van der Waals surface area contributed by atoms with Gasteiger partial charge in [0.15, 0.2) is 6.61 Å². The summed E-state index contributed by atoms with van der Waals surface area (Å²) in [5, 5.41) is 2.82. The van der Waals surface area contributed by atoms with Crippen molar-refractivity contribution in [3.8, 4) is 11.5 Å². The summed E-state index contributed by atoms with van der Waals surface area (Å²) in [7, 11) is 0. The number of hydrogen-bond donors (Lipinski definition) is 1. The average Bonchev–Trinajstić information content (AvgIpc) is 3.09. The molecule has 6 heteroatoms. The number of nitrogens with zero attached hydrogens (tertiary/aromatic N) is 1. The lowest BCUT2D eigenvalue weighted by Gasteiger charge is -2.19. The van der Waals surface area contributed by atoms with Crippen LogP contribution in [0, 0.1) is 6.92 Å². The number of ether oxygens (including phenoxy) is 2. The van der Waals surface area contributed by atoms with E-state index in [0.29, 0.717) is 24.5 Å². The van der Waals surface area contributed by atoms with Gasteiger partial charge in [-0.3, -0.25) is 9.59 Å². The molecule has 3 rings (SSSR count). The molecule has 0 atom stereocenters. The van der Waals surface area contributed by atoms with Gasteiger partial charge in [0.05, 0.1) is 6.61 Å². The van der Waals surface area contributed by atoms with Crippen molar-refractivity contribution in [2.45, 2.75) is 26.7 Å². The van der Waals surface area contributed by atoms with Crippen LogP contribution in [0.1, 0.15) is 25.3 Å². The van der Waals surface area contributed by atoms with Crippen LogP contribution in [0.5, 0.6) is 11.5 Å². The molecule has 1 aliphatic heterocycles. The molecular formula is C21H24N2O4. The molecule has 0 saturated carbocycles. The fourth-order valence-corrected chi connectivity index (χ4v) is 3.03. The van der Waals surface area contributed by atoms with Crippen LogP contribution < -0.4 is 19.7 Å². The second-order valence-electron chi connectivity index (χ2n) is 6.39. The monoisotopic (exact) mass is 368 g/mol. The second kappa shape index (κ2) is 8.58. The van der Waals surface area contributed by atoms with E-state index in [4.69, 9.17) is 9.47 Å². The predicted molar refractivity (Wildman–Crippen MR) is 105 cm³/mol. The maximum Gasteiger partial charge on any atom is 0.262 e. The number of carbonyl (C=O) groups excluding carboxylic acids is 2. The van der Waals surface area contributed by atoms with Gasteiger partial charge in [0.1, 0.15) is 11.5 Å². The maximum absolute atomic E-state index is 12.2. The molecule has 1 heterocycles. The van der Waals surface area contributed by atoms with Gasteiger partial charge in [-0.05, 0) is 62.2 Å². The lowest BCUT2D eigenvalue weighted by Crippen LogP contribution is -2.25. The highest BCUT2D eigenvalue weighted by atomic mass is 16.5. The topological polar surface area (TPSA) is 67.9 Å². The molecule has 2 aromatic rings. The summed E-state index contributed by atoms with van der Waals surface area (Å²) in [5.74, 6) is 1.23. The number of carbonyl (C=O) groups is 2. The Hall–Kier alpha value is -3.02. The highest BCUT2D eigenvalue weighted by Gasteiger charge is 2.23. The van der Waals surface area contributed by atoms with Gasteiger partial charge >= 0.3 is 0 Å². The van der Waals surface area contributed by atoms with Gasteiger partial charge in [0.25, 0.3) is 5.91 Å². The average molecular weight is 368 g/mol. The molecule has 0 aliphatic carbocycles. The van der Waals surface area contributed by atoms with Gasteiger partial charge in [-0.1, -0.05) is 6.07 Å². The van der Waals surface area contributed by atoms with Crippen LogP contribution in [-0.4, -0.2) is 31.6 Å². The Labute approximate surface area is 159 Å². The quantitative estimate of drug-likeness (QED) is 0.812. The molecule has 0 bridgehead atoms. The van der Waals surface area contributed by atoms with Gasteiger partial charge in [-0.15, -0.1) is 0 Å². The Bertz CT molecular complexity index is 817. The first-order chi connectivity index (χ1) is 13.1. The van der Waals surface area contributed by atoms with Gasteiger partial charge in [-0.25, -0.2) is 0 Å². The van der Waals surface area contributed by atoms with E-state index in [9.17, 15) is 9.59 Å². The van der Waals surface area contributed by atoms with Gasteiger partial charge in [0.2, 0.25) is 5.91 Å². The van der Waals surface area contributed by atoms with Crippen molar-refractivity contribution in [1.82, 2.24) is 0 Å². The van der Waals surface area contributed by atoms with Crippen molar-refractivity contribution in [1.29, 1.82) is 0 Å². The van der Waals surface area contributed by atoms with Crippen LogP contribution in [0.25, 0.3) is 0 Å². The van der Waals surface area contributed by atoms with Crippen molar-refractivity contribution in [3.05, 3.63) is 48.0 Å². The third kappa shape index (κ3) is 4.78. The van der Waals surface area contributed by atoms with Gasteiger partial charge < -0.3 is 19.7 Å². The molecule has 0 radical (unpaired) electrons. The van der Waals surface area contributed by atoms with E-state index in [-0.39, 0.29) is 18.4 Å². The molecule has 1 aliphatic rings. The van der Waals surface area contributed by atoms with E-state index in [1.54, 1.807) is 29.2 Å². The predicted octanol–water partition coefficient (Wildman–Crippen LogP) is 3.54. The molecule has 0 unspecified atom stereocenters. The normalized spacial score (nSPS) is 13.6. The molecule has 1 fully saturated rings. The van der Waals surface area contributed by atoms with Crippen LogP contribution in [0.15, 0.2) is 42.5 Å². The van der Waals surface area contributed by atoms with E-state index in [0.717, 1.165) is 30.0 Å². The van der Waals surface area contributed by atoms with E-state index in [1.165, 1.54) is 0 Å². The minimum absolute atomic E-state index is 0.0974. The summed E-state index contributed by atoms with van der Waals surface area (Å²) in [4.78, 5) is 26.0. The minimum Gasteiger partial charge on any atom is -0.494 e. The number of benzene rings is 2. The molecule has 6 nitrogen and oxygen atoms in total. The molecule has 0 spiro atoms. The second-order valence-corrected chi connectivity index (χ2v) is 6.39. The molecule has 1 N–H and O–H groups in total. The summed E-state index contributed by atoms with van der Waals surface area (Å²) in [5.41, 5.74) is 2.51. The third-order valence-electron chi connectivity index (χ3n) is 4.36. The van der Waals surface area contributed by atoms with E-state index in [1.807, 2.05) is 32.0 Å². The summed E-state index contributed by atoms with van der Waals surface area (Å²) in [6.45, 7) is 5.11. The molecule has 27 heavy (non-hydrogen) atoms. The lowest BCUT2D eigenvalue weighted by molar-refractivity contribution is -0.118. The summed E-state index contributed by atoms with van der Waals surface area (Å²) < 4.78 is 10.9. The summed E-state index contributed by atoms with van der Waals surface area (Å²) in [6, 6.07) is 12.7. The largest absolute Gasteiger partial charge is 0.494 e. The zero-order chi connectivity index (χ0) is 19.2. The Balaban J connectivity index is 1.58. The molecule has 1 saturated heterocycles. The molecule has 0 aromatic heterocycles. The Kier molecular flexibility index (Phi) is 5.96. The Morgan fingerprint density at radius 3 is 2.44 bits per heavy atom. The highest BCUT2D eigenvalue weighted by Crippen LogP contribution is 2.28. The van der Waals surface area contributed by atoms with Crippen molar-refractivity contribution in [2.75, 3.05) is 30.0 Å². The zero-order valence-corrected chi connectivity index (χ0v) is 15.7.